The quantitative estimate of drug-likeness (QED) is 0.924. The minimum Gasteiger partial charge on any atom is -0.312 e. The summed E-state index contributed by atoms with van der Waals surface area (Å²) in [5, 5.41) is 6.87. The van der Waals surface area contributed by atoms with Crippen molar-refractivity contribution in [3.05, 3.63) is 38.0 Å². The van der Waals surface area contributed by atoms with Crippen LogP contribution in [0.4, 0.5) is 0 Å². The highest BCUT2D eigenvalue weighted by atomic mass is 32.1. The molecule has 0 saturated carbocycles. The van der Waals surface area contributed by atoms with E-state index in [1.165, 1.54) is 26.9 Å². The molecule has 1 atom stereocenters. The molecule has 0 aliphatic heterocycles. The first-order valence-corrected chi connectivity index (χ1v) is 8.45. The van der Waals surface area contributed by atoms with E-state index >= 15 is 0 Å². The minimum absolute atomic E-state index is 0.356. The molecule has 1 aliphatic rings. The van der Waals surface area contributed by atoms with E-state index < -0.39 is 0 Å². The van der Waals surface area contributed by atoms with Gasteiger partial charge in [0.25, 0.3) is 0 Å². The van der Waals surface area contributed by atoms with Crippen LogP contribution in [0.1, 0.15) is 46.8 Å². The van der Waals surface area contributed by atoms with E-state index in [0.29, 0.717) is 11.5 Å². The number of nitrogens with zero attached hydrogens (tertiary/aromatic N) is 1. The highest BCUT2D eigenvalue weighted by molar-refractivity contribution is 7.12. The Balaban J connectivity index is 1.89. The third-order valence-corrected chi connectivity index (χ3v) is 5.83. The maximum Gasteiger partial charge on any atom is 0.0983 e. The van der Waals surface area contributed by atoms with Gasteiger partial charge in [-0.15, -0.1) is 22.7 Å². The summed E-state index contributed by atoms with van der Waals surface area (Å²) in [6, 6.07) is 4.80. The molecule has 2 nitrogen and oxygen atoms in total. The van der Waals surface area contributed by atoms with Crippen LogP contribution in [0.3, 0.4) is 0 Å². The lowest BCUT2D eigenvalue weighted by molar-refractivity contribution is 0.265. The van der Waals surface area contributed by atoms with Crippen LogP contribution in [-0.2, 0) is 12.8 Å². The monoisotopic (exact) mass is 292 g/mol. The number of hydrogen-bond donors (Lipinski definition) is 1. The van der Waals surface area contributed by atoms with Gasteiger partial charge >= 0.3 is 0 Å². The first-order valence-electron chi connectivity index (χ1n) is 6.75. The van der Waals surface area contributed by atoms with Gasteiger partial charge in [0.2, 0.25) is 0 Å². The van der Waals surface area contributed by atoms with Gasteiger partial charge in [0, 0.05) is 22.2 Å². The molecule has 0 amide bonds. The summed E-state index contributed by atoms with van der Waals surface area (Å²) < 4.78 is 0. The molecule has 2 aromatic rings. The number of aromatic nitrogens is 1. The molecule has 0 saturated heterocycles. The van der Waals surface area contributed by atoms with E-state index in [1.54, 1.807) is 0 Å². The Labute approximate surface area is 122 Å². The number of thiophene rings is 1. The molecule has 3 rings (SSSR count). The van der Waals surface area contributed by atoms with E-state index in [9.17, 15) is 0 Å². The number of fused-ring (bicyclic) bond motifs is 1. The van der Waals surface area contributed by atoms with Crippen LogP contribution in [0.25, 0.3) is 0 Å². The van der Waals surface area contributed by atoms with Gasteiger partial charge < -0.3 is 5.32 Å². The highest BCUT2D eigenvalue weighted by Gasteiger charge is 2.34. The fourth-order valence-electron chi connectivity index (χ4n) is 2.85. The summed E-state index contributed by atoms with van der Waals surface area (Å²) in [6.07, 6.45) is 3.31. The van der Waals surface area contributed by atoms with E-state index in [1.807, 2.05) is 22.7 Å². The number of nitrogens with one attached hydrogen (secondary N) is 1. The van der Waals surface area contributed by atoms with Crippen LogP contribution in [0.2, 0.25) is 0 Å². The summed E-state index contributed by atoms with van der Waals surface area (Å²) in [4.78, 5) is 7.78. The molecular weight excluding hydrogens is 272 g/mol. The van der Waals surface area contributed by atoms with Crippen LogP contribution < -0.4 is 5.32 Å². The SMILES string of the molecule is CNC1CC(C)(C)Cc2nc(Cc3cccs3)sc21. The van der Waals surface area contributed by atoms with Gasteiger partial charge in [-0.05, 0) is 36.8 Å². The first kappa shape index (κ1) is 13.3. The highest BCUT2D eigenvalue weighted by Crippen LogP contribution is 2.43. The molecule has 4 heteroatoms. The molecule has 0 fully saturated rings. The van der Waals surface area contributed by atoms with E-state index in [4.69, 9.17) is 4.98 Å². The van der Waals surface area contributed by atoms with Gasteiger partial charge in [0.05, 0.1) is 10.7 Å². The molecule has 0 aromatic carbocycles. The zero-order valence-electron chi connectivity index (χ0n) is 11.7. The van der Waals surface area contributed by atoms with Crippen molar-refractivity contribution in [2.24, 2.45) is 5.41 Å². The molecule has 2 aromatic heterocycles. The molecule has 1 N–H and O–H groups in total. The summed E-state index contributed by atoms with van der Waals surface area (Å²) in [7, 11) is 2.06. The van der Waals surface area contributed by atoms with Gasteiger partial charge in [0.15, 0.2) is 0 Å². The molecule has 0 radical (unpaired) electrons. The lowest BCUT2D eigenvalue weighted by atomic mass is 9.76. The van der Waals surface area contributed by atoms with Crippen molar-refractivity contribution in [2.45, 2.75) is 39.2 Å². The van der Waals surface area contributed by atoms with Crippen LogP contribution >= 0.6 is 22.7 Å². The lowest BCUT2D eigenvalue weighted by Gasteiger charge is -2.34. The van der Waals surface area contributed by atoms with Crippen molar-refractivity contribution < 1.29 is 0 Å². The zero-order chi connectivity index (χ0) is 13.5. The third kappa shape index (κ3) is 2.76. The maximum atomic E-state index is 4.90. The molecular formula is C15H20N2S2. The summed E-state index contributed by atoms with van der Waals surface area (Å²) in [5.74, 6) is 0. The topological polar surface area (TPSA) is 24.9 Å². The Morgan fingerprint density at radius 3 is 3.00 bits per heavy atom. The molecule has 1 aliphatic carbocycles. The fraction of sp³-hybridized carbons (Fsp3) is 0.533. The van der Waals surface area contributed by atoms with Crippen LogP contribution in [0, 0.1) is 5.41 Å². The molecule has 102 valence electrons. The smallest absolute Gasteiger partial charge is 0.0983 e. The number of thiazole rings is 1. The predicted octanol–water partition coefficient (Wildman–Crippen LogP) is 4.03. The zero-order valence-corrected chi connectivity index (χ0v) is 13.3. The molecule has 1 unspecified atom stereocenters. The Hall–Kier alpha value is -0.710. The minimum atomic E-state index is 0.356. The van der Waals surface area contributed by atoms with Gasteiger partial charge in [0.1, 0.15) is 0 Å². The molecule has 2 heterocycles. The van der Waals surface area contributed by atoms with Crippen molar-refractivity contribution in [1.82, 2.24) is 10.3 Å². The average Bonchev–Trinajstić information content (AvgIpc) is 2.96. The molecule has 19 heavy (non-hydrogen) atoms. The van der Waals surface area contributed by atoms with Crippen molar-refractivity contribution in [1.29, 1.82) is 0 Å². The largest absolute Gasteiger partial charge is 0.312 e. The second-order valence-electron chi connectivity index (χ2n) is 6.06. The second-order valence-corrected chi connectivity index (χ2v) is 8.21. The van der Waals surface area contributed by atoms with Gasteiger partial charge in [-0.2, -0.15) is 0 Å². The van der Waals surface area contributed by atoms with E-state index in [2.05, 4.69) is 43.7 Å². The van der Waals surface area contributed by atoms with E-state index in [-0.39, 0.29) is 0 Å². The lowest BCUT2D eigenvalue weighted by Crippen LogP contribution is -2.30. The Kier molecular flexibility index (Phi) is 3.50. The Bertz CT molecular complexity index is 555. The van der Waals surface area contributed by atoms with Crippen molar-refractivity contribution in [2.75, 3.05) is 7.05 Å². The first-order chi connectivity index (χ1) is 9.07. The maximum absolute atomic E-state index is 4.90. The van der Waals surface area contributed by atoms with Gasteiger partial charge in [-0.25, -0.2) is 4.98 Å². The number of hydrogen-bond acceptors (Lipinski definition) is 4. The van der Waals surface area contributed by atoms with Gasteiger partial charge in [-0.3, -0.25) is 0 Å². The summed E-state index contributed by atoms with van der Waals surface area (Å²) >= 11 is 3.72. The standard InChI is InChI=1S/C15H20N2S2/c1-15(2)8-11(16-3)14-12(9-15)17-13(19-14)7-10-5-4-6-18-10/h4-6,11,16H,7-9H2,1-3H3. The van der Waals surface area contributed by atoms with Crippen LogP contribution in [0.15, 0.2) is 17.5 Å². The normalized spacial score (nSPS) is 21.3. The predicted molar refractivity (Wildman–Crippen MR) is 83.1 cm³/mol. The van der Waals surface area contributed by atoms with Crippen molar-refractivity contribution in [3.63, 3.8) is 0 Å². The second kappa shape index (κ2) is 5.00. The third-order valence-electron chi connectivity index (χ3n) is 3.75. The summed E-state index contributed by atoms with van der Waals surface area (Å²) in [6.45, 7) is 4.69. The molecule has 0 bridgehead atoms. The summed E-state index contributed by atoms with van der Waals surface area (Å²) in [5.41, 5.74) is 1.68. The fourth-order valence-corrected chi connectivity index (χ4v) is 4.87. The molecule has 0 spiro atoms. The van der Waals surface area contributed by atoms with Gasteiger partial charge in [-0.1, -0.05) is 19.9 Å². The Morgan fingerprint density at radius 1 is 1.47 bits per heavy atom. The number of rotatable bonds is 3. The van der Waals surface area contributed by atoms with E-state index in [0.717, 1.165) is 12.8 Å². The average molecular weight is 292 g/mol. The van der Waals surface area contributed by atoms with Crippen LogP contribution in [0.5, 0.6) is 0 Å². The Morgan fingerprint density at radius 2 is 2.32 bits per heavy atom. The van der Waals surface area contributed by atoms with Crippen molar-refractivity contribution >= 4 is 22.7 Å². The van der Waals surface area contributed by atoms with Crippen molar-refractivity contribution in [3.8, 4) is 0 Å². The van der Waals surface area contributed by atoms with Crippen LogP contribution in [-0.4, -0.2) is 12.0 Å².